The molecule has 1 N–H and O–H groups in total. The summed E-state index contributed by atoms with van der Waals surface area (Å²) in [6, 6.07) is 3.83. The molecule has 0 amide bonds. The predicted octanol–water partition coefficient (Wildman–Crippen LogP) is 1.30. The normalized spacial score (nSPS) is 14.3. The summed E-state index contributed by atoms with van der Waals surface area (Å²) >= 11 is 3.09. The lowest BCUT2D eigenvalue weighted by Gasteiger charge is -2.28. The van der Waals surface area contributed by atoms with Crippen LogP contribution in [0.15, 0.2) is 33.6 Å². The van der Waals surface area contributed by atoms with Crippen LogP contribution in [0.25, 0.3) is 0 Å². The number of carbonyl (C=O) groups is 2. The van der Waals surface area contributed by atoms with E-state index in [2.05, 4.69) is 25.4 Å². The fourth-order valence-corrected chi connectivity index (χ4v) is 5.96. The van der Waals surface area contributed by atoms with E-state index in [0.717, 1.165) is 28.4 Å². The summed E-state index contributed by atoms with van der Waals surface area (Å²) in [5.41, 5.74) is -1.94. The van der Waals surface area contributed by atoms with Gasteiger partial charge in [-0.3, -0.25) is 14.2 Å². The highest BCUT2D eigenvalue weighted by atomic mass is 79.9. The Labute approximate surface area is 165 Å². The van der Waals surface area contributed by atoms with Crippen LogP contribution in [-0.4, -0.2) is 60.5 Å². The van der Waals surface area contributed by atoms with Crippen molar-refractivity contribution in [1.82, 2.24) is 4.72 Å². The maximum Gasteiger partial charge on any atom is 0.346 e. The molecule has 2 unspecified atom stereocenters. The molecule has 1 aromatic rings. The molecule has 0 bridgehead atoms. The van der Waals surface area contributed by atoms with Crippen molar-refractivity contribution in [1.29, 1.82) is 0 Å². The molecule has 2 atom stereocenters. The van der Waals surface area contributed by atoms with Gasteiger partial charge in [-0.1, -0.05) is 12.1 Å². The van der Waals surface area contributed by atoms with Crippen molar-refractivity contribution in [3.63, 3.8) is 0 Å². The zero-order chi connectivity index (χ0) is 20.8. The first-order chi connectivity index (χ1) is 12.6. The molecule has 1 aromatic carbocycles. The highest BCUT2D eigenvalue weighted by molar-refractivity contribution is 9.10. The van der Waals surface area contributed by atoms with Gasteiger partial charge in [-0.25, -0.2) is 8.42 Å². The first-order valence-corrected chi connectivity index (χ1v) is 11.1. The SMILES string of the molecule is COC(=O)C(NS(=O)(=O)c1ccccc1Br)C(C(=O)OC)P(=O)(OC)OC. The van der Waals surface area contributed by atoms with Crippen LogP contribution >= 0.6 is 23.5 Å². The van der Waals surface area contributed by atoms with Gasteiger partial charge in [-0.2, -0.15) is 4.72 Å². The summed E-state index contributed by atoms with van der Waals surface area (Å²) in [6.07, 6.45) is 0. The van der Waals surface area contributed by atoms with Crippen LogP contribution < -0.4 is 4.72 Å². The zero-order valence-corrected chi connectivity index (χ0v) is 18.2. The van der Waals surface area contributed by atoms with Crippen molar-refractivity contribution in [2.75, 3.05) is 28.4 Å². The minimum Gasteiger partial charge on any atom is -0.468 e. The molecule has 27 heavy (non-hydrogen) atoms. The highest BCUT2D eigenvalue weighted by Crippen LogP contribution is 2.53. The first-order valence-electron chi connectivity index (χ1n) is 7.21. The monoisotopic (exact) mass is 487 g/mol. The minimum absolute atomic E-state index is 0.206. The van der Waals surface area contributed by atoms with Crippen molar-refractivity contribution >= 4 is 45.5 Å². The lowest BCUT2D eigenvalue weighted by molar-refractivity contribution is -0.149. The maximum atomic E-state index is 12.8. The third kappa shape index (κ3) is 5.37. The van der Waals surface area contributed by atoms with E-state index in [1.165, 1.54) is 18.2 Å². The summed E-state index contributed by atoms with van der Waals surface area (Å²) in [7, 11) is -4.72. The van der Waals surface area contributed by atoms with Crippen molar-refractivity contribution in [2.24, 2.45) is 0 Å². The van der Waals surface area contributed by atoms with Crippen molar-refractivity contribution in [3.05, 3.63) is 28.7 Å². The minimum atomic E-state index is -4.35. The number of sulfonamides is 1. The number of halogens is 1. The Kier molecular flexibility index (Phi) is 8.58. The average molecular weight is 488 g/mol. The molecule has 0 aliphatic rings. The van der Waals surface area contributed by atoms with Gasteiger partial charge < -0.3 is 18.5 Å². The second-order valence-corrected chi connectivity index (χ2v) is 9.83. The molecule has 0 fully saturated rings. The van der Waals surface area contributed by atoms with Crippen LogP contribution in [0.3, 0.4) is 0 Å². The Balaban J connectivity index is 3.51. The molecule has 0 saturated heterocycles. The number of rotatable bonds is 9. The number of nitrogens with one attached hydrogen (secondary N) is 1. The molecule has 0 saturated carbocycles. The summed E-state index contributed by atoms with van der Waals surface area (Å²) in [4.78, 5) is 24.3. The zero-order valence-electron chi connectivity index (χ0n) is 14.9. The summed E-state index contributed by atoms with van der Waals surface area (Å²) in [5.74, 6) is -2.37. The average Bonchev–Trinajstić information content (AvgIpc) is 2.66. The van der Waals surface area contributed by atoms with Gasteiger partial charge in [0.15, 0.2) is 5.66 Å². The molecule has 0 heterocycles. The van der Waals surface area contributed by atoms with E-state index in [1.807, 2.05) is 4.72 Å². The summed E-state index contributed by atoms with van der Waals surface area (Å²) < 4.78 is 59.2. The third-order valence-corrected chi connectivity index (χ3v) is 8.13. The molecular weight excluding hydrogens is 469 g/mol. The van der Waals surface area contributed by atoms with Gasteiger partial charge in [0, 0.05) is 18.7 Å². The van der Waals surface area contributed by atoms with Gasteiger partial charge in [0.1, 0.15) is 6.04 Å². The number of esters is 2. The van der Waals surface area contributed by atoms with Crippen LogP contribution in [0, 0.1) is 0 Å². The summed E-state index contributed by atoms with van der Waals surface area (Å²) in [5, 5.41) is 0. The van der Waals surface area contributed by atoms with Gasteiger partial charge in [0.25, 0.3) is 0 Å². The smallest absolute Gasteiger partial charge is 0.346 e. The molecule has 0 spiro atoms. The lowest BCUT2D eigenvalue weighted by atomic mass is 10.2. The second kappa shape index (κ2) is 9.76. The standard InChI is InChI=1S/C14H19BrNO9PS/c1-22-13(17)11(12(14(18)23-2)26(19,24-3)25-4)16-27(20,21)10-8-6-5-7-9(10)15/h5-8,11-12,16H,1-4H3. The highest BCUT2D eigenvalue weighted by Gasteiger charge is 2.51. The number of hydrogen-bond acceptors (Lipinski definition) is 9. The molecule has 0 radical (unpaired) electrons. The predicted molar refractivity (Wildman–Crippen MR) is 97.7 cm³/mol. The van der Waals surface area contributed by atoms with E-state index in [9.17, 15) is 22.6 Å². The Morgan fingerprint density at radius 2 is 1.56 bits per heavy atom. The first kappa shape index (κ1) is 23.7. The molecule has 13 heteroatoms. The van der Waals surface area contributed by atoms with E-state index in [1.54, 1.807) is 6.07 Å². The molecule has 10 nitrogen and oxygen atoms in total. The number of benzene rings is 1. The Morgan fingerprint density at radius 1 is 1.04 bits per heavy atom. The van der Waals surface area contributed by atoms with Crippen LogP contribution in [-0.2, 0) is 42.7 Å². The van der Waals surface area contributed by atoms with Crippen LogP contribution in [0.5, 0.6) is 0 Å². The van der Waals surface area contributed by atoms with Crippen molar-refractivity contribution in [3.8, 4) is 0 Å². The second-order valence-electron chi connectivity index (χ2n) is 4.93. The van der Waals surface area contributed by atoms with Crippen molar-refractivity contribution < 1.29 is 41.1 Å². The fourth-order valence-electron chi connectivity index (χ4n) is 2.13. The Morgan fingerprint density at radius 3 is 2.00 bits per heavy atom. The molecule has 152 valence electrons. The quantitative estimate of drug-likeness (QED) is 0.403. The van der Waals surface area contributed by atoms with Crippen LogP contribution in [0.4, 0.5) is 0 Å². The van der Waals surface area contributed by atoms with E-state index < -0.39 is 41.3 Å². The molecular formula is C14H19BrNO9PS. The van der Waals surface area contributed by atoms with Gasteiger partial charge in [-0.05, 0) is 28.1 Å². The van der Waals surface area contributed by atoms with Gasteiger partial charge in [-0.15, -0.1) is 0 Å². The number of methoxy groups -OCH3 is 2. The Hall–Kier alpha value is -1.30. The topological polar surface area (TPSA) is 134 Å². The molecule has 0 aliphatic carbocycles. The largest absolute Gasteiger partial charge is 0.468 e. The molecule has 1 rings (SSSR count). The third-order valence-electron chi connectivity index (χ3n) is 3.47. The number of carbonyl (C=O) groups excluding carboxylic acids is 2. The van der Waals surface area contributed by atoms with Crippen LogP contribution in [0.1, 0.15) is 0 Å². The van der Waals surface area contributed by atoms with Gasteiger partial charge >= 0.3 is 19.5 Å². The maximum absolute atomic E-state index is 12.8. The van der Waals surface area contributed by atoms with Crippen molar-refractivity contribution in [2.45, 2.75) is 16.6 Å². The van der Waals surface area contributed by atoms with E-state index in [-0.39, 0.29) is 9.37 Å². The van der Waals surface area contributed by atoms with Gasteiger partial charge in [0.05, 0.1) is 19.1 Å². The summed E-state index contributed by atoms with van der Waals surface area (Å²) in [6.45, 7) is 0. The van der Waals surface area contributed by atoms with Gasteiger partial charge in [0.2, 0.25) is 10.0 Å². The number of ether oxygens (including phenoxy) is 2. The molecule has 0 aliphatic heterocycles. The van der Waals surface area contributed by atoms with E-state index in [0.29, 0.717) is 0 Å². The number of hydrogen-bond donors (Lipinski definition) is 1. The molecule has 0 aromatic heterocycles. The Bertz CT molecular complexity index is 837. The van der Waals surface area contributed by atoms with Crippen LogP contribution in [0.2, 0.25) is 0 Å². The van der Waals surface area contributed by atoms with E-state index >= 15 is 0 Å². The van der Waals surface area contributed by atoms with E-state index in [4.69, 9.17) is 9.05 Å². The lowest BCUT2D eigenvalue weighted by Crippen LogP contribution is -2.52. The fraction of sp³-hybridized carbons (Fsp3) is 0.429.